The smallest absolute Gasteiger partial charge is 0.158 e. The Bertz CT molecular complexity index is 97.5. The summed E-state index contributed by atoms with van der Waals surface area (Å²) in [4.78, 5) is 0. The van der Waals surface area contributed by atoms with Gasteiger partial charge in [-0.15, -0.1) is 0 Å². The predicted molar refractivity (Wildman–Crippen MR) is 31.7 cm³/mol. The summed E-state index contributed by atoms with van der Waals surface area (Å²) in [5.41, 5.74) is 0. The van der Waals surface area contributed by atoms with Crippen LogP contribution in [-0.4, -0.2) is 18.5 Å². The van der Waals surface area contributed by atoms with Crippen molar-refractivity contribution in [1.82, 2.24) is 0 Å². The maximum atomic E-state index is 5.37. The maximum Gasteiger partial charge on any atom is 0.158 e. The predicted octanol–water partition coefficient (Wildman–Crippen LogP) is 0.991. The lowest BCUT2D eigenvalue weighted by molar-refractivity contribution is -0.270. The van der Waals surface area contributed by atoms with Crippen LogP contribution in [0.1, 0.15) is 19.8 Å². The summed E-state index contributed by atoms with van der Waals surface area (Å²) in [6.07, 6.45) is 5.70. The highest BCUT2D eigenvalue weighted by Crippen LogP contribution is 2.33. The van der Waals surface area contributed by atoms with E-state index in [1.165, 1.54) is 0 Å². The average molecular weight is 126 g/mol. The molecule has 0 aromatic heterocycles. The highest BCUT2D eigenvalue weighted by molar-refractivity contribution is 5.02. The minimum absolute atomic E-state index is 0.0509. The van der Waals surface area contributed by atoms with Gasteiger partial charge in [-0.1, -0.05) is 6.92 Å². The van der Waals surface area contributed by atoms with Crippen molar-refractivity contribution in [3.8, 4) is 0 Å². The van der Waals surface area contributed by atoms with Gasteiger partial charge in [0.25, 0.3) is 0 Å². The second kappa shape index (κ2) is 1.96. The van der Waals surface area contributed by atoms with Crippen LogP contribution in [0.2, 0.25) is 0 Å². The Balaban J connectivity index is 1.89. The van der Waals surface area contributed by atoms with E-state index in [0.717, 1.165) is 12.8 Å². The van der Waals surface area contributed by atoms with Gasteiger partial charge in [0, 0.05) is 12.8 Å². The molecule has 2 atom stereocenters. The number of ether oxygens (including phenoxy) is 2. The number of hydrogen-bond acceptors (Lipinski definition) is 2. The first-order valence-corrected chi connectivity index (χ1v) is 3.45. The Hall–Kier alpha value is -0.0800. The van der Waals surface area contributed by atoms with Gasteiger partial charge >= 0.3 is 0 Å². The molecule has 0 spiro atoms. The summed E-state index contributed by atoms with van der Waals surface area (Å²) >= 11 is 0. The van der Waals surface area contributed by atoms with Gasteiger partial charge in [-0.3, -0.25) is 0 Å². The van der Waals surface area contributed by atoms with Crippen LogP contribution in [-0.2, 0) is 9.47 Å². The van der Waals surface area contributed by atoms with Gasteiger partial charge in [-0.2, -0.15) is 0 Å². The van der Waals surface area contributed by atoms with Crippen molar-refractivity contribution in [2.75, 3.05) is 0 Å². The molecule has 3 fully saturated rings. The summed E-state index contributed by atoms with van der Waals surface area (Å²) < 4.78 is 10.7. The van der Waals surface area contributed by atoms with E-state index >= 15 is 0 Å². The molecule has 9 heavy (non-hydrogen) atoms. The molecule has 2 saturated heterocycles. The van der Waals surface area contributed by atoms with Crippen LogP contribution in [0.5, 0.6) is 0 Å². The summed E-state index contributed by atoms with van der Waals surface area (Å²) in [5, 5.41) is 0. The topological polar surface area (TPSA) is 18.5 Å². The summed E-state index contributed by atoms with van der Waals surface area (Å²) in [7, 11) is 0. The largest absolute Gasteiger partial charge is 0.349 e. The Morgan fingerprint density at radius 3 is 2.33 bits per heavy atom. The van der Waals surface area contributed by atoms with E-state index < -0.39 is 0 Å². The molecule has 2 heteroatoms. The third kappa shape index (κ3) is 0.864. The molecular formula is C7H10O2. The fraction of sp³-hybridized carbons (Fsp3) is 0.857. The summed E-state index contributed by atoms with van der Waals surface area (Å²) in [6, 6.07) is 0. The molecule has 3 rings (SSSR count). The maximum absolute atomic E-state index is 5.37. The highest BCUT2D eigenvalue weighted by atomic mass is 16.7. The van der Waals surface area contributed by atoms with Gasteiger partial charge in [-0.05, 0) is 6.42 Å². The molecule has 0 aromatic rings. The van der Waals surface area contributed by atoms with Crippen molar-refractivity contribution in [3.63, 3.8) is 0 Å². The van der Waals surface area contributed by atoms with E-state index in [2.05, 4.69) is 13.3 Å². The Kier molecular flexibility index (Phi) is 1.24. The lowest BCUT2D eigenvalue weighted by Crippen LogP contribution is -2.49. The van der Waals surface area contributed by atoms with Gasteiger partial charge < -0.3 is 9.47 Å². The normalized spacial score (nSPS) is 48.3. The lowest BCUT2D eigenvalue weighted by Gasteiger charge is -2.43. The van der Waals surface area contributed by atoms with Crippen molar-refractivity contribution in [2.45, 2.75) is 38.3 Å². The Morgan fingerprint density at radius 1 is 1.44 bits per heavy atom. The van der Waals surface area contributed by atoms with Crippen LogP contribution in [0.25, 0.3) is 0 Å². The molecule has 0 amide bonds. The van der Waals surface area contributed by atoms with E-state index in [1.807, 2.05) is 0 Å². The van der Waals surface area contributed by atoms with Gasteiger partial charge in [0.15, 0.2) is 6.29 Å². The Labute approximate surface area is 55.1 Å². The molecule has 50 valence electrons. The first kappa shape index (κ1) is 5.69. The van der Waals surface area contributed by atoms with Gasteiger partial charge in [0.05, 0.1) is 12.2 Å². The highest BCUT2D eigenvalue weighted by Gasteiger charge is 2.40. The second-order valence-electron chi connectivity index (χ2n) is 2.49. The molecular weight excluding hydrogens is 116 g/mol. The van der Waals surface area contributed by atoms with Crippen LogP contribution in [0.15, 0.2) is 0 Å². The first-order valence-electron chi connectivity index (χ1n) is 3.45. The van der Waals surface area contributed by atoms with Crippen molar-refractivity contribution < 1.29 is 9.47 Å². The monoisotopic (exact) mass is 126 g/mol. The van der Waals surface area contributed by atoms with Gasteiger partial charge in [0.1, 0.15) is 0 Å². The molecule has 2 unspecified atom stereocenters. The van der Waals surface area contributed by atoms with E-state index in [0.29, 0.717) is 0 Å². The fourth-order valence-corrected chi connectivity index (χ4v) is 1.16. The number of rotatable bonds is 1. The van der Waals surface area contributed by atoms with Crippen LogP contribution >= 0.6 is 0 Å². The van der Waals surface area contributed by atoms with E-state index in [9.17, 15) is 0 Å². The summed E-state index contributed by atoms with van der Waals surface area (Å²) in [6.45, 7) is 2.06. The van der Waals surface area contributed by atoms with Gasteiger partial charge in [-0.25, -0.2) is 0 Å². The number of hydrogen-bond donors (Lipinski definition) is 0. The minimum atomic E-state index is 0.0509. The molecule has 2 bridgehead atoms. The molecule has 0 N–H and O–H groups in total. The standard InChI is InChI=1S/C7H10O2/c1-2-7-8-5-3-6(4-5)9-7/h5-7H,2-3H2,1H3. The van der Waals surface area contributed by atoms with Gasteiger partial charge in [0.2, 0.25) is 0 Å². The molecule has 2 nitrogen and oxygen atoms in total. The molecule has 2 heterocycles. The van der Waals surface area contributed by atoms with Crippen LogP contribution in [0, 0.1) is 6.42 Å². The molecule has 3 aliphatic rings. The SMILES string of the molecule is CCC1OC2[C]C(C2)O1. The van der Waals surface area contributed by atoms with E-state index in [-0.39, 0.29) is 18.5 Å². The van der Waals surface area contributed by atoms with Crippen molar-refractivity contribution >= 4 is 0 Å². The molecule has 0 aromatic carbocycles. The third-order valence-corrected chi connectivity index (χ3v) is 1.77. The fourth-order valence-electron chi connectivity index (χ4n) is 1.16. The lowest BCUT2D eigenvalue weighted by atomic mass is 9.90. The number of fused-ring (bicyclic) bond motifs is 2. The van der Waals surface area contributed by atoms with E-state index in [4.69, 9.17) is 9.47 Å². The van der Waals surface area contributed by atoms with Crippen LogP contribution < -0.4 is 0 Å². The zero-order valence-corrected chi connectivity index (χ0v) is 5.46. The van der Waals surface area contributed by atoms with Crippen molar-refractivity contribution in [2.24, 2.45) is 0 Å². The van der Waals surface area contributed by atoms with Crippen molar-refractivity contribution in [3.05, 3.63) is 6.42 Å². The molecule has 2 aliphatic heterocycles. The Morgan fingerprint density at radius 2 is 2.00 bits per heavy atom. The second-order valence-corrected chi connectivity index (χ2v) is 2.49. The molecule has 1 saturated carbocycles. The zero-order chi connectivity index (χ0) is 6.27. The quantitative estimate of drug-likeness (QED) is 0.521. The minimum Gasteiger partial charge on any atom is -0.349 e. The molecule has 2 radical (unpaired) electrons. The van der Waals surface area contributed by atoms with Crippen LogP contribution in [0.4, 0.5) is 0 Å². The zero-order valence-electron chi connectivity index (χ0n) is 5.46. The average Bonchev–Trinajstić information content (AvgIpc) is 1.87. The molecule has 1 aliphatic carbocycles. The van der Waals surface area contributed by atoms with E-state index in [1.54, 1.807) is 0 Å². The van der Waals surface area contributed by atoms with Crippen LogP contribution in [0.3, 0.4) is 0 Å². The first-order chi connectivity index (χ1) is 4.38. The third-order valence-electron chi connectivity index (χ3n) is 1.77. The van der Waals surface area contributed by atoms with Crippen molar-refractivity contribution in [1.29, 1.82) is 0 Å². The summed E-state index contributed by atoms with van der Waals surface area (Å²) in [5.74, 6) is 0.